The molecule has 6 heteroatoms. The summed E-state index contributed by atoms with van der Waals surface area (Å²) in [6.45, 7) is 0. The Bertz CT molecular complexity index is 1150. The number of aromatic nitrogens is 1. The van der Waals surface area contributed by atoms with Crippen molar-refractivity contribution in [2.75, 3.05) is 5.32 Å². The smallest absolute Gasteiger partial charge is 0.257 e. The maximum atomic E-state index is 12.5. The van der Waals surface area contributed by atoms with Crippen LogP contribution in [-0.2, 0) is 0 Å². The molecule has 0 aliphatic heterocycles. The molecule has 0 radical (unpaired) electrons. The quantitative estimate of drug-likeness (QED) is 0.269. The van der Waals surface area contributed by atoms with Crippen LogP contribution >= 0.6 is 33.9 Å². The van der Waals surface area contributed by atoms with Crippen molar-refractivity contribution >= 4 is 50.7 Å². The Hall–Kier alpha value is -2.84. The van der Waals surface area contributed by atoms with E-state index in [-0.39, 0.29) is 11.7 Å². The predicted octanol–water partition coefficient (Wildman–Crippen LogP) is 5.90. The summed E-state index contributed by atoms with van der Waals surface area (Å²) in [4.78, 5) is 29.5. The molecule has 0 saturated heterocycles. The molecule has 3 aromatic carbocycles. The van der Waals surface area contributed by atoms with Gasteiger partial charge in [-0.25, -0.2) is 4.98 Å². The summed E-state index contributed by atoms with van der Waals surface area (Å²) >= 11 is 3.63. The molecule has 1 N–H and O–H groups in total. The zero-order valence-electron chi connectivity index (χ0n) is 15.1. The van der Waals surface area contributed by atoms with Gasteiger partial charge >= 0.3 is 0 Å². The van der Waals surface area contributed by atoms with Gasteiger partial charge in [0.2, 0.25) is 0 Å². The van der Waals surface area contributed by atoms with E-state index in [0.717, 1.165) is 14.8 Å². The van der Waals surface area contributed by atoms with Crippen LogP contribution in [0.4, 0.5) is 5.13 Å². The summed E-state index contributed by atoms with van der Waals surface area (Å²) in [5.41, 5.74) is 3.47. The van der Waals surface area contributed by atoms with Gasteiger partial charge in [0.05, 0.1) is 5.69 Å². The van der Waals surface area contributed by atoms with E-state index in [2.05, 4.69) is 32.9 Å². The Kier molecular flexibility index (Phi) is 5.82. The fourth-order valence-electron chi connectivity index (χ4n) is 2.78. The molecule has 1 heterocycles. The van der Waals surface area contributed by atoms with Crippen LogP contribution in [-0.4, -0.2) is 16.7 Å². The first-order valence-electron chi connectivity index (χ1n) is 8.83. The van der Waals surface area contributed by atoms with E-state index >= 15 is 0 Å². The van der Waals surface area contributed by atoms with Gasteiger partial charge in [0, 0.05) is 31.2 Å². The van der Waals surface area contributed by atoms with Crippen molar-refractivity contribution in [2.24, 2.45) is 0 Å². The van der Waals surface area contributed by atoms with Crippen molar-refractivity contribution in [1.29, 1.82) is 0 Å². The van der Waals surface area contributed by atoms with Gasteiger partial charge in [-0.15, -0.1) is 11.3 Å². The highest BCUT2D eigenvalue weighted by molar-refractivity contribution is 14.1. The molecule has 142 valence electrons. The molecule has 0 unspecified atom stereocenters. The zero-order chi connectivity index (χ0) is 20.2. The molecule has 4 aromatic rings. The van der Waals surface area contributed by atoms with Crippen LogP contribution in [0.1, 0.15) is 26.3 Å². The second-order valence-corrected chi connectivity index (χ2v) is 8.38. The molecule has 4 nitrogen and oxygen atoms in total. The topological polar surface area (TPSA) is 59.1 Å². The Morgan fingerprint density at radius 1 is 0.793 bits per heavy atom. The minimum absolute atomic E-state index is 0.0698. The van der Waals surface area contributed by atoms with E-state index in [1.807, 2.05) is 47.8 Å². The Balaban J connectivity index is 1.45. The molecule has 0 spiro atoms. The van der Waals surface area contributed by atoms with Crippen molar-refractivity contribution in [1.82, 2.24) is 4.98 Å². The van der Waals surface area contributed by atoms with Crippen molar-refractivity contribution in [3.05, 3.63) is 105 Å². The summed E-state index contributed by atoms with van der Waals surface area (Å²) in [5.74, 6) is -0.327. The lowest BCUT2D eigenvalue weighted by Crippen LogP contribution is -2.12. The Morgan fingerprint density at radius 3 is 2.10 bits per heavy atom. The van der Waals surface area contributed by atoms with Crippen LogP contribution in [0.3, 0.4) is 0 Å². The van der Waals surface area contributed by atoms with Crippen LogP contribution < -0.4 is 5.32 Å². The van der Waals surface area contributed by atoms with Crippen LogP contribution in [0.15, 0.2) is 84.2 Å². The molecule has 0 fully saturated rings. The number of carbonyl (C=O) groups is 2. The maximum Gasteiger partial charge on any atom is 0.257 e. The molecule has 0 saturated carbocycles. The molecule has 4 rings (SSSR count). The first-order valence-corrected chi connectivity index (χ1v) is 10.8. The van der Waals surface area contributed by atoms with E-state index in [4.69, 9.17) is 0 Å². The first-order chi connectivity index (χ1) is 14.1. The number of rotatable bonds is 5. The third kappa shape index (κ3) is 4.60. The van der Waals surface area contributed by atoms with Gasteiger partial charge in [-0.3, -0.25) is 14.9 Å². The van der Waals surface area contributed by atoms with Crippen LogP contribution in [0, 0.1) is 3.57 Å². The Labute approximate surface area is 185 Å². The standard InChI is InChI=1S/C23H15IN2O2S/c24-19-12-10-15(11-13-19)20-14-29-23(25-20)26-22(28)18-8-6-17(7-9-18)21(27)16-4-2-1-3-5-16/h1-14H,(H,25,26,28). The number of carbonyl (C=O) groups excluding carboxylic acids is 2. The average Bonchev–Trinajstić information content (AvgIpc) is 3.23. The lowest BCUT2D eigenvalue weighted by molar-refractivity contribution is 0.102. The number of benzene rings is 3. The largest absolute Gasteiger partial charge is 0.298 e. The Morgan fingerprint density at radius 2 is 1.41 bits per heavy atom. The third-order valence-corrected chi connectivity index (χ3v) is 5.79. The van der Waals surface area contributed by atoms with Gasteiger partial charge in [0.25, 0.3) is 5.91 Å². The molecule has 0 bridgehead atoms. The number of halogens is 1. The number of ketones is 1. The van der Waals surface area contributed by atoms with Gasteiger partial charge < -0.3 is 0 Å². The average molecular weight is 510 g/mol. The number of nitrogens with one attached hydrogen (secondary N) is 1. The molecular formula is C23H15IN2O2S. The summed E-state index contributed by atoms with van der Waals surface area (Å²) in [6.07, 6.45) is 0. The fourth-order valence-corrected chi connectivity index (χ4v) is 3.86. The van der Waals surface area contributed by atoms with Gasteiger partial charge in [0.15, 0.2) is 10.9 Å². The van der Waals surface area contributed by atoms with E-state index in [0.29, 0.717) is 21.8 Å². The van der Waals surface area contributed by atoms with E-state index < -0.39 is 0 Å². The number of amides is 1. The van der Waals surface area contributed by atoms with Crippen molar-refractivity contribution in [3.63, 3.8) is 0 Å². The number of nitrogens with zero attached hydrogens (tertiary/aromatic N) is 1. The summed E-state index contributed by atoms with van der Waals surface area (Å²) in [7, 11) is 0. The van der Waals surface area contributed by atoms with Crippen LogP contribution in [0.2, 0.25) is 0 Å². The lowest BCUT2D eigenvalue weighted by Gasteiger charge is -2.04. The van der Waals surface area contributed by atoms with E-state index in [1.54, 1.807) is 36.4 Å². The highest BCUT2D eigenvalue weighted by atomic mass is 127. The van der Waals surface area contributed by atoms with Gasteiger partial charge in [-0.1, -0.05) is 54.6 Å². The second-order valence-electron chi connectivity index (χ2n) is 6.27. The molecule has 1 amide bonds. The SMILES string of the molecule is O=C(Nc1nc(-c2ccc(I)cc2)cs1)c1ccc(C(=O)c2ccccc2)cc1. The van der Waals surface area contributed by atoms with Gasteiger partial charge in [0.1, 0.15) is 0 Å². The molecule has 29 heavy (non-hydrogen) atoms. The minimum atomic E-state index is -0.257. The maximum absolute atomic E-state index is 12.5. The van der Waals surface area contributed by atoms with Gasteiger partial charge in [-0.2, -0.15) is 0 Å². The lowest BCUT2D eigenvalue weighted by atomic mass is 10.0. The number of hydrogen-bond acceptors (Lipinski definition) is 4. The fraction of sp³-hybridized carbons (Fsp3) is 0. The molecular weight excluding hydrogens is 495 g/mol. The van der Waals surface area contributed by atoms with Crippen molar-refractivity contribution in [2.45, 2.75) is 0 Å². The number of hydrogen-bond donors (Lipinski definition) is 1. The predicted molar refractivity (Wildman–Crippen MR) is 125 cm³/mol. The summed E-state index contributed by atoms with van der Waals surface area (Å²) in [5, 5.41) is 5.27. The number of thiazole rings is 1. The summed E-state index contributed by atoms with van der Waals surface area (Å²) < 4.78 is 1.16. The second kappa shape index (κ2) is 8.67. The first kappa shape index (κ1) is 19.5. The molecule has 0 atom stereocenters. The van der Waals surface area contributed by atoms with Gasteiger partial charge in [-0.05, 0) is 46.9 Å². The number of anilines is 1. The highest BCUT2D eigenvalue weighted by Gasteiger charge is 2.12. The monoisotopic (exact) mass is 510 g/mol. The normalized spacial score (nSPS) is 10.5. The third-order valence-electron chi connectivity index (χ3n) is 4.31. The van der Waals surface area contributed by atoms with Crippen molar-refractivity contribution in [3.8, 4) is 11.3 Å². The molecule has 0 aliphatic carbocycles. The van der Waals surface area contributed by atoms with Crippen LogP contribution in [0.5, 0.6) is 0 Å². The van der Waals surface area contributed by atoms with E-state index in [1.165, 1.54) is 11.3 Å². The zero-order valence-corrected chi connectivity index (χ0v) is 18.1. The summed E-state index contributed by atoms with van der Waals surface area (Å²) in [6, 6.07) is 23.8. The van der Waals surface area contributed by atoms with E-state index in [9.17, 15) is 9.59 Å². The molecule has 0 aliphatic rings. The minimum Gasteiger partial charge on any atom is -0.298 e. The highest BCUT2D eigenvalue weighted by Crippen LogP contribution is 2.26. The van der Waals surface area contributed by atoms with Crippen LogP contribution in [0.25, 0.3) is 11.3 Å². The van der Waals surface area contributed by atoms with Crippen molar-refractivity contribution < 1.29 is 9.59 Å². The molecule has 1 aromatic heterocycles.